The number of fused-ring (bicyclic) bond motifs is 2. The van der Waals surface area contributed by atoms with Crippen LogP contribution in [0.3, 0.4) is 0 Å². The summed E-state index contributed by atoms with van der Waals surface area (Å²) in [5, 5.41) is 4.11. The summed E-state index contributed by atoms with van der Waals surface area (Å²) in [6.45, 7) is 2.83. The topological polar surface area (TPSA) is 51.2 Å². The minimum Gasteiger partial charge on any atom is -0.469 e. The van der Waals surface area contributed by atoms with Gasteiger partial charge in [-0.3, -0.25) is 4.79 Å². The molecule has 0 radical (unpaired) electrons. The molecule has 1 aliphatic carbocycles. The first-order valence-electron chi connectivity index (χ1n) is 7.09. The Bertz CT molecular complexity index is 598. The van der Waals surface area contributed by atoms with Crippen LogP contribution in [0.15, 0.2) is 10.7 Å². The summed E-state index contributed by atoms with van der Waals surface area (Å²) in [5.41, 5.74) is 0.705. The molecule has 1 N–H and O–H groups in total. The molecule has 1 fully saturated rings. The van der Waals surface area contributed by atoms with E-state index in [1.807, 2.05) is 6.92 Å². The lowest BCUT2D eigenvalue weighted by Crippen LogP contribution is -2.41. The molecule has 2 aliphatic rings. The van der Waals surface area contributed by atoms with Crippen LogP contribution in [0.2, 0.25) is 5.02 Å². The third-order valence-electron chi connectivity index (χ3n) is 5.09. The van der Waals surface area contributed by atoms with E-state index in [-0.39, 0.29) is 16.8 Å². The van der Waals surface area contributed by atoms with Crippen LogP contribution >= 0.6 is 27.5 Å². The van der Waals surface area contributed by atoms with Gasteiger partial charge in [-0.15, -0.1) is 0 Å². The third-order valence-corrected chi connectivity index (χ3v) is 6.31. The van der Waals surface area contributed by atoms with Gasteiger partial charge in [0, 0.05) is 23.7 Å². The van der Waals surface area contributed by atoms with Crippen molar-refractivity contribution in [2.45, 2.75) is 38.0 Å². The molecular formula is C15H18BrClN2O2. The Kier molecular flexibility index (Phi) is 3.69. The van der Waals surface area contributed by atoms with E-state index in [4.69, 9.17) is 16.3 Å². The van der Waals surface area contributed by atoms with Gasteiger partial charge in [-0.2, -0.15) is 0 Å². The normalized spacial score (nSPS) is 30.9. The molecule has 0 atom stereocenters. The number of hydrogen-bond donors (Lipinski definition) is 1. The number of anilines is 1. The number of ether oxygens (including phenoxy) is 1. The molecular weight excluding hydrogens is 356 g/mol. The third kappa shape index (κ3) is 2.25. The summed E-state index contributed by atoms with van der Waals surface area (Å²) in [5.74, 6) is 0.770. The second kappa shape index (κ2) is 5.13. The highest BCUT2D eigenvalue weighted by atomic mass is 79.9. The van der Waals surface area contributed by atoms with E-state index in [9.17, 15) is 4.79 Å². The van der Waals surface area contributed by atoms with E-state index < -0.39 is 0 Å². The van der Waals surface area contributed by atoms with Crippen LogP contribution in [0.1, 0.15) is 38.2 Å². The summed E-state index contributed by atoms with van der Waals surface area (Å²) in [7, 11) is 1.46. The summed E-state index contributed by atoms with van der Waals surface area (Å²) in [6.07, 6.45) is 5.18. The minimum absolute atomic E-state index is 0.0171. The van der Waals surface area contributed by atoms with Crippen molar-refractivity contribution in [2.75, 3.05) is 19.0 Å². The average molecular weight is 374 g/mol. The van der Waals surface area contributed by atoms with Crippen LogP contribution in [0, 0.1) is 5.41 Å². The first-order chi connectivity index (χ1) is 9.92. The highest BCUT2D eigenvalue weighted by Crippen LogP contribution is 2.53. The first-order valence-corrected chi connectivity index (χ1v) is 8.26. The Labute approximate surface area is 137 Å². The highest BCUT2D eigenvalue weighted by Gasteiger charge is 2.49. The number of halogens is 2. The van der Waals surface area contributed by atoms with Crippen molar-refractivity contribution < 1.29 is 9.53 Å². The van der Waals surface area contributed by atoms with Crippen LogP contribution in [-0.2, 0) is 14.9 Å². The molecule has 1 saturated carbocycles. The van der Waals surface area contributed by atoms with Crippen molar-refractivity contribution in [1.29, 1.82) is 0 Å². The molecule has 1 aromatic rings. The molecule has 0 amide bonds. The fourth-order valence-electron chi connectivity index (χ4n) is 3.58. The maximum atomic E-state index is 12.0. The SMILES string of the molecule is COC(=O)C1(C)CCC2(CC1)CNc1ncc(Br)c(Cl)c12. The zero-order chi connectivity index (χ0) is 15.3. The molecule has 1 spiro atoms. The van der Waals surface area contributed by atoms with Gasteiger partial charge in [0.2, 0.25) is 0 Å². The van der Waals surface area contributed by atoms with Crippen LogP contribution in [-0.4, -0.2) is 24.6 Å². The summed E-state index contributed by atoms with van der Waals surface area (Å²) >= 11 is 9.96. The molecule has 3 rings (SSSR count). The van der Waals surface area contributed by atoms with E-state index in [0.29, 0.717) is 0 Å². The summed E-state index contributed by atoms with van der Waals surface area (Å²) in [4.78, 5) is 16.4. The van der Waals surface area contributed by atoms with Gasteiger partial charge in [-0.05, 0) is 48.5 Å². The number of methoxy groups -OCH3 is 1. The summed E-state index contributed by atoms with van der Waals surface area (Å²) in [6, 6.07) is 0. The Morgan fingerprint density at radius 1 is 1.43 bits per heavy atom. The molecule has 2 heterocycles. The predicted molar refractivity (Wildman–Crippen MR) is 85.7 cm³/mol. The molecule has 0 aromatic carbocycles. The van der Waals surface area contributed by atoms with E-state index in [1.54, 1.807) is 6.20 Å². The number of esters is 1. The average Bonchev–Trinajstić information content (AvgIpc) is 2.85. The van der Waals surface area contributed by atoms with Crippen molar-refractivity contribution in [1.82, 2.24) is 4.98 Å². The monoisotopic (exact) mass is 372 g/mol. The van der Waals surface area contributed by atoms with Gasteiger partial charge in [0.15, 0.2) is 0 Å². The molecule has 1 aliphatic heterocycles. The molecule has 114 valence electrons. The van der Waals surface area contributed by atoms with Crippen molar-refractivity contribution >= 4 is 39.3 Å². The van der Waals surface area contributed by atoms with E-state index in [2.05, 4.69) is 26.2 Å². The number of aromatic nitrogens is 1. The molecule has 1 aromatic heterocycles. The van der Waals surface area contributed by atoms with Crippen molar-refractivity contribution in [3.8, 4) is 0 Å². The number of hydrogen-bond acceptors (Lipinski definition) is 4. The molecule has 21 heavy (non-hydrogen) atoms. The van der Waals surface area contributed by atoms with Crippen molar-refractivity contribution in [2.24, 2.45) is 5.41 Å². The van der Waals surface area contributed by atoms with E-state index >= 15 is 0 Å². The Morgan fingerprint density at radius 3 is 2.71 bits per heavy atom. The second-order valence-electron chi connectivity index (χ2n) is 6.33. The van der Waals surface area contributed by atoms with Crippen molar-refractivity contribution in [3.05, 3.63) is 21.3 Å². The van der Waals surface area contributed by atoms with Gasteiger partial charge in [0.1, 0.15) is 5.82 Å². The first kappa shape index (κ1) is 15.1. The summed E-state index contributed by atoms with van der Waals surface area (Å²) < 4.78 is 5.78. The lowest BCUT2D eigenvalue weighted by Gasteiger charge is -2.41. The smallest absolute Gasteiger partial charge is 0.311 e. The number of rotatable bonds is 1. The van der Waals surface area contributed by atoms with Crippen LogP contribution in [0.4, 0.5) is 5.82 Å². The minimum atomic E-state index is -0.380. The number of carbonyl (C=O) groups is 1. The maximum absolute atomic E-state index is 12.0. The quantitative estimate of drug-likeness (QED) is 0.758. The van der Waals surface area contributed by atoms with Crippen LogP contribution in [0.25, 0.3) is 0 Å². The largest absolute Gasteiger partial charge is 0.469 e. The number of nitrogens with one attached hydrogen (secondary N) is 1. The number of carbonyl (C=O) groups excluding carboxylic acids is 1. The van der Waals surface area contributed by atoms with E-state index in [1.165, 1.54) is 7.11 Å². The Hall–Kier alpha value is -0.810. The Morgan fingerprint density at radius 2 is 2.10 bits per heavy atom. The van der Waals surface area contributed by atoms with Gasteiger partial charge >= 0.3 is 5.97 Å². The number of pyridine rings is 1. The van der Waals surface area contributed by atoms with Gasteiger partial charge in [-0.1, -0.05) is 11.6 Å². The lowest BCUT2D eigenvalue weighted by molar-refractivity contribution is -0.154. The van der Waals surface area contributed by atoms with Crippen LogP contribution < -0.4 is 5.32 Å². The zero-order valence-corrected chi connectivity index (χ0v) is 14.5. The zero-order valence-electron chi connectivity index (χ0n) is 12.1. The van der Waals surface area contributed by atoms with Gasteiger partial charge in [0.05, 0.1) is 22.0 Å². The predicted octanol–water partition coefficient (Wildman–Crippen LogP) is 3.91. The van der Waals surface area contributed by atoms with Crippen LogP contribution in [0.5, 0.6) is 0 Å². The van der Waals surface area contributed by atoms with E-state index in [0.717, 1.165) is 53.1 Å². The molecule has 4 nitrogen and oxygen atoms in total. The number of nitrogens with zero attached hydrogens (tertiary/aromatic N) is 1. The standard InChI is InChI=1S/C15H18BrClN2O2/c1-14(13(20)21-2)3-5-15(6-4-14)8-19-12-10(15)11(17)9(16)7-18-12/h7H,3-6,8H2,1-2H3,(H,18,19). The maximum Gasteiger partial charge on any atom is 0.311 e. The fourth-order valence-corrected chi connectivity index (χ4v) is 4.22. The van der Waals surface area contributed by atoms with Gasteiger partial charge in [-0.25, -0.2) is 4.98 Å². The van der Waals surface area contributed by atoms with Crippen molar-refractivity contribution in [3.63, 3.8) is 0 Å². The second-order valence-corrected chi connectivity index (χ2v) is 7.56. The molecule has 0 saturated heterocycles. The fraction of sp³-hybridized carbons (Fsp3) is 0.600. The molecule has 0 bridgehead atoms. The molecule has 0 unspecified atom stereocenters. The van der Waals surface area contributed by atoms with Gasteiger partial charge in [0.25, 0.3) is 0 Å². The lowest BCUT2D eigenvalue weighted by atomic mass is 9.62. The highest BCUT2D eigenvalue weighted by molar-refractivity contribution is 9.10. The Balaban J connectivity index is 1.92. The van der Waals surface area contributed by atoms with Gasteiger partial charge < -0.3 is 10.1 Å². The molecule has 6 heteroatoms.